The number of ether oxygens (including phenoxy) is 1. The van der Waals surface area contributed by atoms with E-state index < -0.39 is 0 Å². The molecule has 0 aromatic heterocycles. The number of hydrogen-bond acceptors (Lipinski definition) is 2. The minimum absolute atomic E-state index is 0.285. The molecule has 1 rings (SSSR count). The monoisotopic (exact) mass is 334 g/mol. The number of phenols is 1. The second-order valence-electron chi connectivity index (χ2n) is 8.70. The van der Waals surface area contributed by atoms with E-state index in [1.807, 2.05) is 12.1 Å². The van der Waals surface area contributed by atoms with Crippen LogP contribution in [0.5, 0.6) is 11.5 Å². The predicted octanol–water partition coefficient (Wildman–Crippen LogP) is 6.96. The van der Waals surface area contributed by atoms with E-state index in [4.69, 9.17) is 4.74 Å². The lowest BCUT2D eigenvalue weighted by Gasteiger charge is -2.39. The van der Waals surface area contributed by atoms with Crippen molar-refractivity contribution in [3.8, 4) is 11.5 Å². The molecule has 0 unspecified atom stereocenters. The Kier molecular flexibility index (Phi) is 8.66. The highest BCUT2D eigenvalue weighted by atomic mass is 16.5. The molecule has 0 amide bonds. The van der Waals surface area contributed by atoms with Crippen molar-refractivity contribution in [3.05, 3.63) is 24.3 Å². The number of rotatable bonds is 11. The van der Waals surface area contributed by atoms with Crippen LogP contribution in [0.3, 0.4) is 0 Å². The quantitative estimate of drug-likeness (QED) is 0.443. The van der Waals surface area contributed by atoms with Crippen molar-refractivity contribution in [2.45, 2.75) is 86.0 Å². The fourth-order valence-electron chi connectivity index (χ4n) is 2.66. The molecule has 0 atom stereocenters. The van der Waals surface area contributed by atoms with Gasteiger partial charge < -0.3 is 9.84 Å². The number of benzene rings is 1. The lowest BCUT2D eigenvalue weighted by molar-refractivity contribution is 0.115. The van der Waals surface area contributed by atoms with Gasteiger partial charge in [0.1, 0.15) is 11.5 Å². The van der Waals surface area contributed by atoms with Crippen molar-refractivity contribution in [2.75, 3.05) is 6.61 Å². The van der Waals surface area contributed by atoms with Crippen LogP contribution in [0.15, 0.2) is 24.3 Å². The molecular formula is C22H38O2. The molecule has 0 aliphatic rings. The summed E-state index contributed by atoms with van der Waals surface area (Å²) in [6.07, 6.45) is 10.4. The molecule has 0 heterocycles. The fourth-order valence-corrected chi connectivity index (χ4v) is 2.66. The van der Waals surface area contributed by atoms with Gasteiger partial charge in [-0.3, -0.25) is 0 Å². The van der Waals surface area contributed by atoms with Gasteiger partial charge in [0.2, 0.25) is 0 Å². The molecular weight excluding hydrogens is 296 g/mol. The Labute approximate surface area is 149 Å². The number of aromatic hydroxyl groups is 1. The second kappa shape index (κ2) is 9.96. The molecule has 0 fully saturated rings. The van der Waals surface area contributed by atoms with Crippen molar-refractivity contribution in [1.29, 1.82) is 0 Å². The summed E-state index contributed by atoms with van der Waals surface area (Å²) in [5.74, 6) is 1.13. The second-order valence-corrected chi connectivity index (χ2v) is 8.70. The van der Waals surface area contributed by atoms with E-state index in [-0.39, 0.29) is 5.75 Å². The van der Waals surface area contributed by atoms with Gasteiger partial charge in [-0.15, -0.1) is 0 Å². The first-order valence-electron chi connectivity index (χ1n) is 9.64. The molecule has 24 heavy (non-hydrogen) atoms. The van der Waals surface area contributed by atoms with Gasteiger partial charge in [-0.05, 0) is 47.9 Å². The van der Waals surface area contributed by atoms with Gasteiger partial charge in [0, 0.05) is 0 Å². The maximum atomic E-state index is 9.22. The first-order chi connectivity index (χ1) is 11.2. The van der Waals surface area contributed by atoms with Gasteiger partial charge >= 0.3 is 0 Å². The summed E-state index contributed by atoms with van der Waals surface area (Å²) in [5.41, 5.74) is 0.822. The van der Waals surface area contributed by atoms with Crippen molar-refractivity contribution < 1.29 is 9.84 Å². The smallest absolute Gasteiger partial charge is 0.119 e. The van der Waals surface area contributed by atoms with Gasteiger partial charge in [-0.25, -0.2) is 0 Å². The maximum Gasteiger partial charge on any atom is 0.119 e. The predicted molar refractivity (Wildman–Crippen MR) is 104 cm³/mol. The average molecular weight is 335 g/mol. The van der Waals surface area contributed by atoms with Crippen LogP contribution in [0.2, 0.25) is 0 Å². The molecule has 2 nitrogen and oxygen atoms in total. The third-order valence-corrected chi connectivity index (χ3v) is 5.58. The van der Waals surface area contributed by atoms with Gasteiger partial charge in [0.15, 0.2) is 0 Å². The summed E-state index contributed by atoms with van der Waals surface area (Å²) in [6, 6.07) is 6.95. The lowest BCUT2D eigenvalue weighted by Crippen LogP contribution is -2.29. The zero-order chi connectivity index (χ0) is 18.1. The van der Waals surface area contributed by atoms with E-state index in [0.717, 1.165) is 18.8 Å². The summed E-state index contributed by atoms with van der Waals surface area (Å²) in [5, 5.41) is 9.22. The van der Waals surface area contributed by atoms with Crippen LogP contribution < -0.4 is 4.74 Å². The highest BCUT2D eigenvalue weighted by Crippen LogP contribution is 2.41. The summed E-state index contributed by atoms with van der Waals surface area (Å²) >= 11 is 0. The number of hydrogen-bond donors (Lipinski definition) is 1. The summed E-state index contributed by atoms with van der Waals surface area (Å²) in [6.45, 7) is 12.6. The summed E-state index contributed by atoms with van der Waals surface area (Å²) < 4.78 is 5.66. The number of unbranched alkanes of at least 4 members (excludes halogenated alkanes) is 6. The normalized spacial score (nSPS) is 12.4. The minimum Gasteiger partial charge on any atom is -0.508 e. The first-order valence-corrected chi connectivity index (χ1v) is 9.64. The molecule has 0 aliphatic carbocycles. The largest absolute Gasteiger partial charge is 0.508 e. The maximum absolute atomic E-state index is 9.22. The minimum atomic E-state index is 0.285. The Morgan fingerprint density at radius 1 is 0.750 bits per heavy atom. The van der Waals surface area contributed by atoms with Crippen molar-refractivity contribution in [1.82, 2.24) is 0 Å². The van der Waals surface area contributed by atoms with E-state index in [2.05, 4.69) is 34.6 Å². The molecule has 138 valence electrons. The third kappa shape index (κ3) is 8.08. The van der Waals surface area contributed by atoms with Crippen LogP contribution >= 0.6 is 0 Å². The summed E-state index contributed by atoms with van der Waals surface area (Å²) in [7, 11) is 0. The molecule has 0 spiro atoms. The standard InChI is InChI=1S/C22H38O2/c1-21(2,3)22(4,5)17-11-9-7-6-8-10-12-18-24-20-15-13-19(23)14-16-20/h13-16,23H,6-12,17-18H2,1-5H3. The molecule has 1 aromatic carbocycles. The molecule has 0 radical (unpaired) electrons. The van der Waals surface area contributed by atoms with Crippen LogP contribution in [0.1, 0.15) is 86.0 Å². The van der Waals surface area contributed by atoms with E-state index in [1.54, 1.807) is 12.1 Å². The molecule has 1 N–H and O–H groups in total. The van der Waals surface area contributed by atoms with Crippen molar-refractivity contribution in [2.24, 2.45) is 10.8 Å². The highest BCUT2D eigenvalue weighted by Gasteiger charge is 2.31. The Bertz CT molecular complexity index is 440. The molecule has 0 bridgehead atoms. The summed E-state index contributed by atoms with van der Waals surface area (Å²) in [4.78, 5) is 0. The van der Waals surface area contributed by atoms with Gasteiger partial charge in [-0.2, -0.15) is 0 Å². The number of phenolic OH excluding ortho intramolecular Hbond substituents is 1. The van der Waals surface area contributed by atoms with E-state index >= 15 is 0 Å². The fraction of sp³-hybridized carbons (Fsp3) is 0.727. The average Bonchev–Trinajstić information content (AvgIpc) is 2.49. The van der Waals surface area contributed by atoms with Crippen LogP contribution in [-0.4, -0.2) is 11.7 Å². The molecule has 1 aromatic rings. The SMILES string of the molecule is CC(C)(C)C(C)(C)CCCCCCCCCOc1ccc(O)cc1. The highest BCUT2D eigenvalue weighted by molar-refractivity contribution is 5.29. The molecule has 2 heteroatoms. The van der Waals surface area contributed by atoms with Crippen LogP contribution in [-0.2, 0) is 0 Å². The van der Waals surface area contributed by atoms with E-state index in [1.165, 1.54) is 44.9 Å². The van der Waals surface area contributed by atoms with Crippen LogP contribution in [0, 0.1) is 10.8 Å². The van der Waals surface area contributed by atoms with Gasteiger partial charge in [0.25, 0.3) is 0 Å². The molecule has 0 saturated heterocycles. The zero-order valence-electron chi connectivity index (χ0n) is 16.5. The first kappa shape index (κ1) is 20.9. The third-order valence-electron chi connectivity index (χ3n) is 5.58. The van der Waals surface area contributed by atoms with Crippen LogP contribution in [0.4, 0.5) is 0 Å². The van der Waals surface area contributed by atoms with Crippen LogP contribution in [0.25, 0.3) is 0 Å². The molecule has 0 aliphatic heterocycles. The van der Waals surface area contributed by atoms with Gasteiger partial charge in [0.05, 0.1) is 6.61 Å². The van der Waals surface area contributed by atoms with Crippen molar-refractivity contribution >= 4 is 0 Å². The topological polar surface area (TPSA) is 29.5 Å². The molecule has 0 saturated carbocycles. The lowest BCUT2D eigenvalue weighted by atomic mass is 9.67. The Morgan fingerprint density at radius 2 is 1.25 bits per heavy atom. The zero-order valence-corrected chi connectivity index (χ0v) is 16.5. The Balaban J connectivity index is 1.95. The van der Waals surface area contributed by atoms with E-state index in [0.29, 0.717) is 10.8 Å². The van der Waals surface area contributed by atoms with Gasteiger partial charge in [-0.1, -0.05) is 73.1 Å². The Morgan fingerprint density at radius 3 is 1.79 bits per heavy atom. The van der Waals surface area contributed by atoms with E-state index in [9.17, 15) is 5.11 Å². The Hall–Kier alpha value is -1.18. The van der Waals surface area contributed by atoms with Crippen molar-refractivity contribution in [3.63, 3.8) is 0 Å².